The molecule has 0 spiro atoms. The first-order valence-electron chi connectivity index (χ1n) is 5.28. The summed E-state index contributed by atoms with van der Waals surface area (Å²) in [6.07, 6.45) is -1.93. The molecule has 0 N–H and O–H groups in total. The average Bonchev–Trinajstić information content (AvgIpc) is 2.27. The van der Waals surface area contributed by atoms with Crippen molar-refractivity contribution in [3.63, 3.8) is 0 Å². The summed E-state index contributed by atoms with van der Waals surface area (Å²) in [4.78, 5) is 22.9. The molecular weight excluding hydrogens is 207 g/mol. The number of hydrogen-bond donors (Lipinski definition) is 0. The van der Waals surface area contributed by atoms with Crippen molar-refractivity contribution in [2.24, 2.45) is 5.92 Å². The Bertz CT molecular complexity index is 371. The number of ketones is 2. The highest BCUT2D eigenvalue weighted by atomic mass is 19.1. The molecule has 16 heavy (non-hydrogen) atoms. The summed E-state index contributed by atoms with van der Waals surface area (Å²) in [6, 6.07) is 8.05. The summed E-state index contributed by atoms with van der Waals surface area (Å²) in [7, 11) is 0. The lowest BCUT2D eigenvalue weighted by molar-refractivity contribution is -0.122. The quantitative estimate of drug-likeness (QED) is 0.567. The van der Waals surface area contributed by atoms with Crippen LogP contribution in [-0.4, -0.2) is 17.7 Å². The van der Waals surface area contributed by atoms with Crippen molar-refractivity contribution in [3.8, 4) is 0 Å². The number of alkyl halides is 1. The van der Waals surface area contributed by atoms with Crippen molar-refractivity contribution in [2.45, 2.75) is 26.4 Å². The van der Waals surface area contributed by atoms with Crippen LogP contribution in [0, 0.1) is 5.92 Å². The van der Waals surface area contributed by atoms with Crippen LogP contribution < -0.4 is 0 Å². The Labute approximate surface area is 94.5 Å². The van der Waals surface area contributed by atoms with Crippen LogP contribution in [0.2, 0.25) is 0 Å². The standard InChI is InChI=1S/C13H15FO2/c1-9(2)8-11(15)12(14)13(16)10-6-4-3-5-7-10/h3-7,9,12H,8H2,1-2H3. The van der Waals surface area contributed by atoms with Crippen LogP contribution in [0.1, 0.15) is 30.6 Å². The Hall–Kier alpha value is -1.51. The van der Waals surface area contributed by atoms with Gasteiger partial charge in [-0.15, -0.1) is 0 Å². The summed E-state index contributed by atoms with van der Waals surface area (Å²) in [5, 5.41) is 0. The minimum atomic E-state index is -2.02. The Morgan fingerprint density at radius 2 is 1.75 bits per heavy atom. The molecule has 0 saturated carbocycles. The monoisotopic (exact) mass is 222 g/mol. The average molecular weight is 222 g/mol. The summed E-state index contributed by atoms with van der Waals surface area (Å²) in [5.41, 5.74) is 0.243. The number of hydrogen-bond acceptors (Lipinski definition) is 2. The van der Waals surface area contributed by atoms with Gasteiger partial charge in [-0.2, -0.15) is 0 Å². The largest absolute Gasteiger partial charge is 0.296 e. The summed E-state index contributed by atoms with van der Waals surface area (Å²) < 4.78 is 13.5. The molecule has 0 heterocycles. The van der Waals surface area contributed by atoms with Crippen molar-refractivity contribution >= 4 is 11.6 Å². The molecule has 0 bridgehead atoms. The highest BCUT2D eigenvalue weighted by Gasteiger charge is 2.26. The van der Waals surface area contributed by atoms with E-state index in [4.69, 9.17) is 0 Å². The van der Waals surface area contributed by atoms with Gasteiger partial charge in [-0.3, -0.25) is 9.59 Å². The first kappa shape index (κ1) is 12.6. The number of halogens is 1. The van der Waals surface area contributed by atoms with E-state index in [1.54, 1.807) is 18.2 Å². The van der Waals surface area contributed by atoms with Crippen molar-refractivity contribution in [2.75, 3.05) is 0 Å². The van der Waals surface area contributed by atoms with Gasteiger partial charge in [-0.1, -0.05) is 44.2 Å². The van der Waals surface area contributed by atoms with E-state index in [0.29, 0.717) is 0 Å². The lowest BCUT2D eigenvalue weighted by atomic mass is 9.98. The zero-order chi connectivity index (χ0) is 12.1. The fourth-order valence-corrected chi connectivity index (χ4v) is 1.40. The molecule has 1 aromatic carbocycles. The number of Topliss-reactive ketones (excluding diaryl/α,β-unsaturated/α-hetero) is 2. The van der Waals surface area contributed by atoms with Gasteiger partial charge in [0.05, 0.1) is 0 Å². The Balaban J connectivity index is 2.72. The van der Waals surface area contributed by atoms with Gasteiger partial charge in [0.1, 0.15) is 0 Å². The SMILES string of the molecule is CC(C)CC(=O)C(F)C(=O)c1ccccc1. The molecule has 86 valence electrons. The van der Waals surface area contributed by atoms with Crippen molar-refractivity contribution in [1.82, 2.24) is 0 Å². The molecule has 1 aromatic rings. The van der Waals surface area contributed by atoms with Crippen LogP contribution in [0.4, 0.5) is 4.39 Å². The van der Waals surface area contributed by atoms with E-state index in [0.717, 1.165) is 0 Å². The molecule has 3 heteroatoms. The minimum absolute atomic E-state index is 0.0642. The summed E-state index contributed by atoms with van der Waals surface area (Å²) >= 11 is 0. The van der Waals surface area contributed by atoms with Crippen LogP contribution in [0.5, 0.6) is 0 Å². The summed E-state index contributed by atoms with van der Waals surface area (Å²) in [5.74, 6) is -1.32. The second-order valence-electron chi connectivity index (χ2n) is 4.16. The highest BCUT2D eigenvalue weighted by molar-refractivity contribution is 6.13. The maximum absolute atomic E-state index is 13.5. The minimum Gasteiger partial charge on any atom is -0.296 e. The molecule has 0 fully saturated rings. The van der Waals surface area contributed by atoms with E-state index in [9.17, 15) is 14.0 Å². The van der Waals surface area contributed by atoms with E-state index in [1.165, 1.54) is 12.1 Å². The number of carbonyl (C=O) groups is 2. The normalized spacial score (nSPS) is 12.5. The van der Waals surface area contributed by atoms with Gasteiger partial charge < -0.3 is 0 Å². The third-order valence-corrected chi connectivity index (χ3v) is 2.18. The van der Waals surface area contributed by atoms with Gasteiger partial charge in [-0.05, 0) is 5.92 Å². The van der Waals surface area contributed by atoms with Gasteiger partial charge in [0, 0.05) is 12.0 Å². The smallest absolute Gasteiger partial charge is 0.220 e. The predicted molar refractivity (Wildman–Crippen MR) is 60.1 cm³/mol. The van der Waals surface area contributed by atoms with Crippen molar-refractivity contribution in [1.29, 1.82) is 0 Å². The number of carbonyl (C=O) groups excluding carboxylic acids is 2. The molecule has 0 amide bonds. The van der Waals surface area contributed by atoms with E-state index in [2.05, 4.69) is 0 Å². The zero-order valence-electron chi connectivity index (χ0n) is 9.44. The molecule has 1 rings (SSSR count). The van der Waals surface area contributed by atoms with Crippen molar-refractivity contribution < 1.29 is 14.0 Å². The Morgan fingerprint density at radius 3 is 2.25 bits per heavy atom. The molecule has 0 aliphatic heterocycles. The van der Waals surface area contributed by atoms with Gasteiger partial charge in [0.2, 0.25) is 12.0 Å². The maximum Gasteiger partial charge on any atom is 0.220 e. The van der Waals surface area contributed by atoms with E-state index in [-0.39, 0.29) is 17.9 Å². The molecule has 0 aromatic heterocycles. The summed E-state index contributed by atoms with van der Waals surface area (Å²) in [6.45, 7) is 3.63. The van der Waals surface area contributed by atoms with Gasteiger partial charge >= 0.3 is 0 Å². The van der Waals surface area contributed by atoms with Crippen LogP contribution in [0.25, 0.3) is 0 Å². The fourth-order valence-electron chi connectivity index (χ4n) is 1.40. The maximum atomic E-state index is 13.5. The van der Waals surface area contributed by atoms with Gasteiger partial charge in [0.25, 0.3) is 0 Å². The van der Waals surface area contributed by atoms with E-state index >= 15 is 0 Å². The predicted octanol–water partition coefficient (Wildman–Crippen LogP) is 2.82. The molecule has 1 unspecified atom stereocenters. The van der Waals surface area contributed by atoms with Gasteiger partial charge in [0.15, 0.2) is 5.78 Å². The number of benzene rings is 1. The number of rotatable bonds is 5. The fraction of sp³-hybridized carbons (Fsp3) is 0.385. The topological polar surface area (TPSA) is 34.1 Å². The molecule has 0 saturated heterocycles. The molecule has 1 atom stereocenters. The van der Waals surface area contributed by atoms with Gasteiger partial charge in [-0.25, -0.2) is 4.39 Å². The molecule has 0 aliphatic carbocycles. The highest BCUT2D eigenvalue weighted by Crippen LogP contribution is 2.11. The lowest BCUT2D eigenvalue weighted by Crippen LogP contribution is -2.26. The third kappa shape index (κ3) is 3.26. The van der Waals surface area contributed by atoms with Crippen LogP contribution in [0.15, 0.2) is 30.3 Å². The lowest BCUT2D eigenvalue weighted by Gasteiger charge is -2.08. The first-order valence-corrected chi connectivity index (χ1v) is 5.28. The van der Waals surface area contributed by atoms with E-state index in [1.807, 2.05) is 13.8 Å². The second-order valence-corrected chi connectivity index (χ2v) is 4.16. The molecule has 0 radical (unpaired) electrons. The second kappa shape index (κ2) is 5.54. The van der Waals surface area contributed by atoms with Crippen molar-refractivity contribution in [3.05, 3.63) is 35.9 Å². The molecule has 2 nitrogen and oxygen atoms in total. The Kier molecular flexibility index (Phi) is 4.35. The first-order chi connectivity index (χ1) is 7.52. The third-order valence-electron chi connectivity index (χ3n) is 2.18. The van der Waals surface area contributed by atoms with Crippen LogP contribution in [-0.2, 0) is 4.79 Å². The van der Waals surface area contributed by atoms with Crippen LogP contribution in [0.3, 0.4) is 0 Å². The van der Waals surface area contributed by atoms with E-state index < -0.39 is 17.7 Å². The Morgan fingerprint density at radius 1 is 1.19 bits per heavy atom. The molecular formula is C13H15FO2. The zero-order valence-corrected chi connectivity index (χ0v) is 9.44. The molecule has 0 aliphatic rings. The van der Waals surface area contributed by atoms with Crippen LogP contribution >= 0.6 is 0 Å².